The minimum atomic E-state index is 0. The fraction of sp³-hybridized carbons (Fsp3) is 0.524. The van der Waals surface area contributed by atoms with E-state index in [1.807, 2.05) is 17.0 Å². The predicted molar refractivity (Wildman–Crippen MR) is 129 cm³/mol. The third-order valence-electron chi connectivity index (χ3n) is 5.06. The molecule has 0 spiro atoms. The van der Waals surface area contributed by atoms with Crippen molar-refractivity contribution in [3.05, 3.63) is 47.5 Å². The molecule has 2 heterocycles. The molecule has 1 aromatic carbocycles. The minimum Gasteiger partial charge on any atom is -0.357 e. The van der Waals surface area contributed by atoms with E-state index in [0.29, 0.717) is 19.5 Å². The third kappa shape index (κ3) is 6.68. The molecule has 8 nitrogen and oxygen atoms in total. The maximum Gasteiger partial charge on any atom is 0.222 e. The van der Waals surface area contributed by atoms with Crippen molar-refractivity contribution in [3.8, 4) is 0 Å². The fourth-order valence-electron chi connectivity index (χ4n) is 3.48. The Balaban J connectivity index is 0.00000320. The molecule has 1 aromatic heterocycles. The minimum absolute atomic E-state index is 0. The zero-order valence-corrected chi connectivity index (χ0v) is 20.1. The van der Waals surface area contributed by atoms with Gasteiger partial charge in [-0.2, -0.15) is 0 Å². The molecule has 1 amide bonds. The van der Waals surface area contributed by atoms with Crippen molar-refractivity contribution in [2.24, 2.45) is 4.99 Å². The van der Waals surface area contributed by atoms with Gasteiger partial charge < -0.3 is 20.1 Å². The zero-order chi connectivity index (χ0) is 20.5. The smallest absolute Gasteiger partial charge is 0.222 e. The molecule has 0 radical (unpaired) electrons. The van der Waals surface area contributed by atoms with E-state index in [1.165, 1.54) is 5.56 Å². The van der Waals surface area contributed by atoms with Gasteiger partial charge in [0, 0.05) is 45.6 Å². The van der Waals surface area contributed by atoms with E-state index >= 15 is 0 Å². The molecule has 0 saturated carbocycles. The molecule has 1 aliphatic rings. The summed E-state index contributed by atoms with van der Waals surface area (Å²) in [4.78, 5) is 18.7. The van der Waals surface area contributed by atoms with Crippen molar-refractivity contribution in [1.82, 2.24) is 30.3 Å². The molecule has 3 rings (SSSR count). The number of benzene rings is 1. The van der Waals surface area contributed by atoms with Crippen molar-refractivity contribution in [2.75, 3.05) is 19.6 Å². The van der Waals surface area contributed by atoms with E-state index in [0.717, 1.165) is 56.4 Å². The van der Waals surface area contributed by atoms with Gasteiger partial charge in [0.05, 0.1) is 6.54 Å². The van der Waals surface area contributed by atoms with Crippen LogP contribution < -0.4 is 10.6 Å². The predicted octanol–water partition coefficient (Wildman–Crippen LogP) is 2.34. The van der Waals surface area contributed by atoms with E-state index in [2.05, 4.69) is 51.4 Å². The van der Waals surface area contributed by atoms with Crippen LogP contribution >= 0.6 is 24.0 Å². The number of hydrogen-bond acceptors (Lipinski definition) is 4. The van der Waals surface area contributed by atoms with Crippen LogP contribution in [0.25, 0.3) is 0 Å². The maximum absolute atomic E-state index is 12.0. The molecular weight excluding hydrogens is 493 g/mol. The molecule has 1 saturated heterocycles. The summed E-state index contributed by atoms with van der Waals surface area (Å²) in [6.45, 7) is 8.54. The Kier molecular flexibility index (Phi) is 10.0. The summed E-state index contributed by atoms with van der Waals surface area (Å²) >= 11 is 0. The van der Waals surface area contributed by atoms with Crippen LogP contribution in [-0.4, -0.2) is 51.2 Å². The Morgan fingerprint density at radius 2 is 2.00 bits per heavy atom. The van der Waals surface area contributed by atoms with Crippen molar-refractivity contribution in [3.63, 3.8) is 0 Å². The topological polar surface area (TPSA) is 87.4 Å². The van der Waals surface area contributed by atoms with Crippen molar-refractivity contribution in [2.45, 2.75) is 52.7 Å². The standard InChI is InChI=1S/C21H31N7O.HI/c1-3-19-26-25-16-28(19)13-11-23-21(22-4-2)24-14-17-8-5-6-9-18(17)15-27-12-7-10-20(27)29;/h5-6,8-9,16H,3-4,7,10-15H2,1-2H3,(H2,22,23,24);1H. The summed E-state index contributed by atoms with van der Waals surface area (Å²) in [7, 11) is 0. The molecule has 30 heavy (non-hydrogen) atoms. The van der Waals surface area contributed by atoms with Crippen LogP contribution in [0.2, 0.25) is 0 Å². The highest BCUT2D eigenvalue weighted by molar-refractivity contribution is 14.0. The Bertz CT molecular complexity index is 836. The van der Waals surface area contributed by atoms with E-state index < -0.39 is 0 Å². The molecule has 0 bridgehead atoms. The number of hydrogen-bond donors (Lipinski definition) is 2. The van der Waals surface area contributed by atoms with Gasteiger partial charge in [-0.05, 0) is 24.5 Å². The zero-order valence-electron chi connectivity index (χ0n) is 17.8. The Hall–Kier alpha value is -2.17. The highest BCUT2D eigenvalue weighted by atomic mass is 127. The summed E-state index contributed by atoms with van der Waals surface area (Å²) in [6.07, 6.45) is 4.26. The molecule has 1 fully saturated rings. The van der Waals surface area contributed by atoms with E-state index in [-0.39, 0.29) is 29.9 Å². The summed E-state index contributed by atoms with van der Waals surface area (Å²) in [5.74, 6) is 2.02. The third-order valence-corrected chi connectivity index (χ3v) is 5.06. The van der Waals surface area contributed by atoms with Crippen LogP contribution in [0.5, 0.6) is 0 Å². The molecular formula is C21H32IN7O. The number of nitrogens with zero attached hydrogens (tertiary/aromatic N) is 5. The molecule has 164 valence electrons. The lowest BCUT2D eigenvalue weighted by Gasteiger charge is -2.18. The van der Waals surface area contributed by atoms with Gasteiger partial charge in [-0.25, -0.2) is 4.99 Å². The number of aliphatic imine (C=N–C) groups is 1. The molecule has 2 N–H and O–H groups in total. The monoisotopic (exact) mass is 525 g/mol. The molecule has 0 aliphatic carbocycles. The second-order valence-electron chi connectivity index (χ2n) is 7.10. The normalized spacial score (nSPS) is 14.0. The summed E-state index contributed by atoms with van der Waals surface area (Å²) in [5.41, 5.74) is 2.32. The number of carbonyl (C=O) groups is 1. The summed E-state index contributed by atoms with van der Waals surface area (Å²) in [6, 6.07) is 8.23. The number of likely N-dealkylation sites (tertiary alicyclic amines) is 1. The van der Waals surface area contributed by atoms with Crippen molar-refractivity contribution >= 4 is 35.8 Å². The number of aromatic nitrogens is 3. The van der Waals surface area contributed by atoms with Gasteiger partial charge in [0.15, 0.2) is 5.96 Å². The van der Waals surface area contributed by atoms with Gasteiger partial charge >= 0.3 is 0 Å². The quantitative estimate of drug-likeness (QED) is 0.298. The van der Waals surface area contributed by atoms with Crippen LogP contribution in [0, 0.1) is 0 Å². The highest BCUT2D eigenvalue weighted by Crippen LogP contribution is 2.17. The van der Waals surface area contributed by atoms with Gasteiger partial charge in [0.25, 0.3) is 0 Å². The Morgan fingerprint density at radius 3 is 2.70 bits per heavy atom. The Labute approximate surface area is 195 Å². The molecule has 9 heteroatoms. The maximum atomic E-state index is 12.0. The number of guanidine groups is 1. The lowest BCUT2D eigenvalue weighted by atomic mass is 10.1. The highest BCUT2D eigenvalue weighted by Gasteiger charge is 2.20. The fourth-order valence-corrected chi connectivity index (χ4v) is 3.48. The largest absolute Gasteiger partial charge is 0.357 e. The van der Waals surface area contributed by atoms with E-state index in [4.69, 9.17) is 4.99 Å². The lowest BCUT2D eigenvalue weighted by Crippen LogP contribution is -2.39. The molecule has 0 unspecified atom stereocenters. The second kappa shape index (κ2) is 12.5. The number of aryl methyl sites for hydroxylation is 1. The van der Waals surface area contributed by atoms with Crippen LogP contribution in [0.1, 0.15) is 43.6 Å². The summed E-state index contributed by atoms with van der Waals surface area (Å²) in [5, 5.41) is 14.8. The summed E-state index contributed by atoms with van der Waals surface area (Å²) < 4.78 is 2.05. The Morgan fingerprint density at radius 1 is 1.20 bits per heavy atom. The van der Waals surface area contributed by atoms with Gasteiger partial charge in [0.2, 0.25) is 5.91 Å². The van der Waals surface area contributed by atoms with Crippen LogP contribution in [0.15, 0.2) is 35.6 Å². The van der Waals surface area contributed by atoms with Crippen LogP contribution in [0.4, 0.5) is 0 Å². The van der Waals surface area contributed by atoms with Crippen LogP contribution in [0.3, 0.4) is 0 Å². The van der Waals surface area contributed by atoms with Crippen LogP contribution in [-0.2, 0) is 30.8 Å². The average molecular weight is 525 g/mol. The SMILES string of the molecule is CCNC(=NCc1ccccc1CN1CCCC1=O)NCCn1cnnc1CC.I. The molecule has 0 atom stereocenters. The number of nitrogens with one attached hydrogen (secondary N) is 2. The molecule has 2 aromatic rings. The van der Waals surface area contributed by atoms with Gasteiger partial charge in [-0.15, -0.1) is 34.2 Å². The first kappa shape index (κ1) is 24.1. The van der Waals surface area contributed by atoms with Crippen molar-refractivity contribution in [1.29, 1.82) is 0 Å². The van der Waals surface area contributed by atoms with Gasteiger partial charge in [-0.3, -0.25) is 4.79 Å². The van der Waals surface area contributed by atoms with Crippen molar-refractivity contribution < 1.29 is 4.79 Å². The van der Waals surface area contributed by atoms with Gasteiger partial charge in [0.1, 0.15) is 12.2 Å². The van der Waals surface area contributed by atoms with E-state index in [9.17, 15) is 4.79 Å². The van der Waals surface area contributed by atoms with Gasteiger partial charge in [-0.1, -0.05) is 31.2 Å². The number of rotatable bonds is 9. The second-order valence-corrected chi connectivity index (χ2v) is 7.10. The number of halogens is 1. The first-order valence-electron chi connectivity index (χ1n) is 10.4. The first-order chi connectivity index (χ1) is 14.2. The number of amides is 1. The average Bonchev–Trinajstić information content (AvgIpc) is 3.35. The lowest BCUT2D eigenvalue weighted by molar-refractivity contribution is -0.128. The first-order valence-corrected chi connectivity index (χ1v) is 10.4. The van der Waals surface area contributed by atoms with E-state index in [1.54, 1.807) is 6.33 Å². The molecule has 1 aliphatic heterocycles. The number of carbonyl (C=O) groups excluding carboxylic acids is 1.